The molecular formula is C22H21N5O2. The zero-order valence-corrected chi connectivity index (χ0v) is 16.0. The second-order valence-electron chi connectivity index (χ2n) is 7.68. The quantitative estimate of drug-likeness (QED) is 0.719. The van der Waals surface area contributed by atoms with Crippen LogP contribution in [0.2, 0.25) is 0 Å². The maximum atomic E-state index is 13.0. The molecule has 1 saturated carbocycles. The molecule has 5 rings (SSSR count). The Bertz CT molecular complexity index is 1080. The van der Waals surface area contributed by atoms with E-state index in [0.717, 1.165) is 17.7 Å². The fourth-order valence-electron chi connectivity index (χ4n) is 4.20. The molecule has 2 aliphatic rings. The summed E-state index contributed by atoms with van der Waals surface area (Å²) in [7, 11) is 1.76. The van der Waals surface area contributed by atoms with Crippen molar-refractivity contribution < 1.29 is 9.59 Å². The van der Waals surface area contributed by atoms with E-state index in [-0.39, 0.29) is 17.6 Å². The van der Waals surface area contributed by atoms with Gasteiger partial charge in [0.1, 0.15) is 11.9 Å². The predicted octanol–water partition coefficient (Wildman–Crippen LogP) is 2.27. The van der Waals surface area contributed by atoms with Gasteiger partial charge in [-0.3, -0.25) is 14.7 Å². The summed E-state index contributed by atoms with van der Waals surface area (Å²) >= 11 is 0. The van der Waals surface area contributed by atoms with Gasteiger partial charge in [0.15, 0.2) is 0 Å². The van der Waals surface area contributed by atoms with Gasteiger partial charge in [-0.05, 0) is 35.4 Å². The van der Waals surface area contributed by atoms with E-state index in [1.807, 2.05) is 48.5 Å². The lowest BCUT2D eigenvalue weighted by Gasteiger charge is -2.23. The minimum Gasteiger partial charge on any atom is -0.337 e. The Morgan fingerprint density at radius 2 is 1.93 bits per heavy atom. The largest absolute Gasteiger partial charge is 0.337 e. The summed E-state index contributed by atoms with van der Waals surface area (Å²) in [6, 6.07) is 17.2. The number of carbonyl (C=O) groups excluding carboxylic acids is 2. The van der Waals surface area contributed by atoms with Gasteiger partial charge in [0, 0.05) is 19.2 Å². The van der Waals surface area contributed by atoms with E-state index >= 15 is 0 Å². The predicted molar refractivity (Wildman–Crippen MR) is 108 cm³/mol. The van der Waals surface area contributed by atoms with Crippen LogP contribution in [0.25, 0.3) is 0 Å². The standard InChI is InChI=1S/C22H21N5O2/c1-27-17-10-6-5-9-14(17)15-12-16(15)19(22(27)29)24-21(28)20-23-18(25-26-20)11-13-7-3-2-4-8-13/h2-10,15-16,19H,11-12H2,1H3,(H,24,28)(H,23,25,26)/t15-,16?,19+/m0/s1. The summed E-state index contributed by atoms with van der Waals surface area (Å²) in [6.45, 7) is 0. The zero-order chi connectivity index (χ0) is 20.0. The molecule has 3 atom stereocenters. The van der Waals surface area contributed by atoms with Crippen LogP contribution in [0.3, 0.4) is 0 Å². The summed E-state index contributed by atoms with van der Waals surface area (Å²) in [5.74, 6) is 0.555. The summed E-state index contributed by atoms with van der Waals surface area (Å²) in [5, 5.41) is 9.76. The fourth-order valence-corrected chi connectivity index (χ4v) is 4.20. The van der Waals surface area contributed by atoms with Gasteiger partial charge in [0.2, 0.25) is 11.7 Å². The molecule has 3 aromatic rings. The molecule has 2 aromatic carbocycles. The Balaban J connectivity index is 1.32. The van der Waals surface area contributed by atoms with Crippen LogP contribution in [0.1, 0.15) is 39.9 Å². The number of rotatable bonds is 4. The first-order valence-corrected chi connectivity index (χ1v) is 9.74. The van der Waals surface area contributed by atoms with Crippen molar-refractivity contribution in [1.29, 1.82) is 0 Å². The number of benzene rings is 2. The fraction of sp³-hybridized carbons (Fsp3) is 0.273. The maximum Gasteiger partial charge on any atom is 0.291 e. The van der Waals surface area contributed by atoms with E-state index in [1.165, 1.54) is 5.56 Å². The van der Waals surface area contributed by atoms with E-state index in [2.05, 4.69) is 26.6 Å². The van der Waals surface area contributed by atoms with Gasteiger partial charge in [-0.15, -0.1) is 5.10 Å². The van der Waals surface area contributed by atoms with Crippen molar-refractivity contribution >= 4 is 17.5 Å². The van der Waals surface area contributed by atoms with Crippen molar-refractivity contribution in [2.24, 2.45) is 5.92 Å². The number of nitrogens with one attached hydrogen (secondary N) is 2. The third-order valence-electron chi connectivity index (χ3n) is 5.80. The number of hydrogen-bond acceptors (Lipinski definition) is 4. The topological polar surface area (TPSA) is 91.0 Å². The Morgan fingerprint density at radius 3 is 2.76 bits per heavy atom. The third-order valence-corrected chi connectivity index (χ3v) is 5.80. The number of aromatic amines is 1. The molecule has 1 unspecified atom stereocenters. The molecule has 2 amide bonds. The second kappa shape index (κ2) is 6.84. The molecule has 0 bridgehead atoms. The number of anilines is 1. The van der Waals surface area contributed by atoms with Gasteiger partial charge in [-0.1, -0.05) is 48.5 Å². The molecule has 2 heterocycles. The Labute approximate surface area is 168 Å². The molecule has 29 heavy (non-hydrogen) atoms. The smallest absolute Gasteiger partial charge is 0.291 e. The molecular weight excluding hydrogens is 366 g/mol. The lowest BCUT2D eigenvalue weighted by atomic mass is 10.1. The van der Waals surface area contributed by atoms with Gasteiger partial charge in [0.25, 0.3) is 5.91 Å². The van der Waals surface area contributed by atoms with Crippen LogP contribution >= 0.6 is 0 Å². The average Bonchev–Trinajstić information content (AvgIpc) is 3.41. The molecule has 0 spiro atoms. The molecule has 7 nitrogen and oxygen atoms in total. The van der Waals surface area contributed by atoms with Crippen LogP contribution in [0.4, 0.5) is 5.69 Å². The molecule has 1 aliphatic carbocycles. The van der Waals surface area contributed by atoms with Crippen molar-refractivity contribution in [1.82, 2.24) is 20.5 Å². The lowest BCUT2D eigenvalue weighted by Crippen LogP contribution is -2.48. The molecule has 7 heteroatoms. The van der Waals surface area contributed by atoms with E-state index in [0.29, 0.717) is 18.2 Å². The molecule has 0 saturated heterocycles. The highest BCUT2D eigenvalue weighted by Crippen LogP contribution is 2.54. The van der Waals surface area contributed by atoms with E-state index in [4.69, 9.17) is 0 Å². The molecule has 0 radical (unpaired) electrons. The van der Waals surface area contributed by atoms with Crippen molar-refractivity contribution in [3.8, 4) is 0 Å². The molecule has 2 N–H and O–H groups in total. The maximum absolute atomic E-state index is 13.0. The number of likely N-dealkylation sites (N-methyl/N-ethyl adjacent to an activating group) is 1. The number of H-pyrrole nitrogens is 1. The minimum atomic E-state index is -0.569. The van der Waals surface area contributed by atoms with Crippen molar-refractivity contribution in [2.75, 3.05) is 11.9 Å². The SMILES string of the molecule is CN1C(=O)[C@H](NC(=O)c2n[nH]c(Cc3ccccc3)n2)C2C[C@H]2c2ccccc21. The van der Waals surface area contributed by atoms with E-state index in [1.54, 1.807) is 11.9 Å². The van der Waals surface area contributed by atoms with E-state index in [9.17, 15) is 9.59 Å². The van der Waals surface area contributed by atoms with Crippen LogP contribution in [0.5, 0.6) is 0 Å². The monoisotopic (exact) mass is 387 g/mol. The summed E-state index contributed by atoms with van der Waals surface area (Å²) < 4.78 is 0. The number of amides is 2. The Hall–Kier alpha value is -3.48. The highest BCUT2D eigenvalue weighted by atomic mass is 16.2. The molecule has 1 aromatic heterocycles. The number of hydrogen-bond donors (Lipinski definition) is 2. The lowest BCUT2D eigenvalue weighted by molar-refractivity contribution is -0.120. The van der Waals surface area contributed by atoms with Gasteiger partial charge in [-0.25, -0.2) is 4.98 Å². The van der Waals surface area contributed by atoms with E-state index < -0.39 is 11.9 Å². The number of aromatic nitrogens is 3. The van der Waals surface area contributed by atoms with Crippen molar-refractivity contribution in [3.63, 3.8) is 0 Å². The van der Waals surface area contributed by atoms with Gasteiger partial charge >= 0.3 is 0 Å². The molecule has 1 aliphatic heterocycles. The number of carbonyl (C=O) groups is 2. The van der Waals surface area contributed by atoms with Gasteiger partial charge in [-0.2, -0.15) is 0 Å². The average molecular weight is 387 g/mol. The van der Waals surface area contributed by atoms with Crippen molar-refractivity contribution in [3.05, 3.63) is 77.4 Å². The van der Waals surface area contributed by atoms with Crippen LogP contribution in [-0.4, -0.2) is 40.1 Å². The number of fused-ring (bicyclic) bond motifs is 3. The van der Waals surface area contributed by atoms with Gasteiger partial charge in [0.05, 0.1) is 0 Å². The van der Waals surface area contributed by atoms with Crippen LogP contribution < -0.4 is 10.2 Å². The first-order valence-electron chi connectivity index (χ1n) is 9.74. The molecule has 1 fully saturated rings. The normalized spacial score (nSPS) is 22.4. The van der Waals surface area contributed by atoms with Crippen LogP contribution in [0, 0.1) is 5.92 Å². The summed E-state index contributed by atoms with van der Waals surface area (Å²) in [6.07, 6.45) is 1.46. The van der Waals surface area contributed by atoms with Crippen molar-refractivity contribution in [2.45, 2.75) is 24.8 Å². The minimum absolute atomic E-state index is 0.0605. The zero-order valence-electron chi connectivity index (χ0n) is 16.0. The first kappa shape index (κ1) is 17.6. The Kier molecular flexibility index (Phi) is 4.16. The third kappa shape index (κ3) is 3.18. The van der Waals surface area contributed by atoms with Crippen LogP contribution in [0.15, 0.2) is 54.6 Å². The number of nitrogens with zero attached hydrogens (tertiary/aromatic N) is 3. The highest BCUT2D eigenvalue weighted by molar-refractivity contribution is 6.03. The van der Waals surface area contributed by atoms with Gasteiger partial charge < -0.3 is 10.2 Å². The molecule has 146 valence electrons. The second-order valence-corrected chi connectivity index (χ2v) is 7.68. The highest BCUT2D eigenvalue weighted by Gasteiger charge is 2.51. The summed E-state index contributed by atoms with van der Waals surface area (Å²) in [4.78, 5) is 31.7. The Morgan fingerprint density at radius 1 is 1.17 bits per heavy atom. The number of para-hydroxylation sites is 1. The summed E-state index contributed by atoms with van der Waals surface area (Å²) in [5.41, 5.74) is 3.17. The van der Waals surface area contributed by atoms with Crippen LogP contribution in [-0.2, 0) is 11.2 Å². The first-order chi connectivity index (χ1) is 14.1.